The molecule has 132 valence electrons. The molecule has 1 N–H and O–H groups in total. The van der Waals surface area contributed by atoms with Crippen molar-refractivity contribution in [3.63, 3.8) is 0 Å². The van der Waals surface area contributed by atoms with E-state index in [0.29, 0.717) is 24.6 Å². The third-order valence-corrected chi connectivity index (χ3v) is 5.60. The monoisotopic (exact) mass is 340 g/mol. The van der Waals surface area contributed by atoms with E-state index in [0.717, 1.165) is 25.0 Å². The first-order valence-electron chi connectivity index (χ1n) is 9.18. The highest BCUT2D eigenvalue weighted by Gasteiger charge is 2.36. The highest BCUT2D eigenvalue weighted by molar-refractivity contribution is 5.95. The second-order valence-electron chi connectivity index (χ2n) is 7.32. The maximum Gasteiger partial charge on any atom is 0.259 e. The Morgan fingerprint density at radius 3 is 2.72 bits per heavy atom. The van der Waals surface area contributed by atoms with Gasteiger partial charge in [-0.05, 0) is 24.8 Å². The van der Waals surface area contributed by atoms with Crippen LogP contribution in [-0.4, -0.2) is 40.3 Å². The summed E-state index contributed by atoms with van der Waals surface area (Å²) in [5, 5.41) is 14.5. The average molecular weight is 340 g/mol. The number of rotatable bonds is 4. The Labute approximate surface area is 147 Å². The SMILES string of the molecule is O=C(c1conc1C1CCCC1)N1C[C@@H](Cc2ccccc2)[C@H](O)C1. The van der Waals surface area contributed by atoms with Crippen LogP contribution in [-0.2, 0) is 6.42 Å². The predicted molar refractivity (Wildman–Crippen MR) is 93.3 cm³/mol. The molecule has 25 heavy (non-hydrogen) atoms. The van der Waals surface area contributed by atoms with Crippen LogP contribution in [0.2, 0.25) is 0 Å². The molecule has 1 aliphatic carbocycles. The number of aliphatic hydroxyl groups excluding tert-OH is 1. The van der Waals surface area contributed by atoms with Crippen molar-refractivity contribution >= 4 is 5.91 Å². The lowest BCUT2D eigenvalue weighted by Gasteiger charge is -2.17. The molecule has 1 aromatic carbocycles. The van der Waals surface area contributed by atoms with Gasteiger partial charge in [-0.25, -0.2) is 0 Å². The minimum absolute atomic E-state index is 0.0576. The highest BCUT2D eigenvalue weighted by Crippen LogP contribution is 2.35. The van der Waals surface area contributed by atoms with E-state index < -0.39 is 6.10 Å². The van der Waals surface area contributed by atoms with Crippen LogP contribution in [0, 0.1) is 5.92 Å². The summed E-state index contributed by atoms with van der Waals surface area (Å²) in [6, 6.07) is 10.1. The summed E-state index contributed by atoms with van der Waals surface area (Å²) >= 11 is 0. The fourth-order valence-corrected chi connectivity index (χ4v) is 4.21. The van der Waals surface area contributed by atoms with Crippen LogP contribution in [0.3, 0.4) is 0 Å². The summed E-state index contributed by atoms with van der Waals surface area (Å²) in [7, 11) is 0. The minimum atomic E-state index is -0.487. The van der Waals surface area contributed by atoms with Crippen molar-refractivity contribution in [2.75, 3.05) is 13.1 Å². The second-order valence-corrected chi connectivity index (χ2v) is 7.32. The molecule has 1 saturated carbocycles. The van der Waals surface area contributed by atoms with Crippen LogP contribution < -0.4 is 0 Å². The molecule has 1 aromatic heterocycles. The Morgan fingerprint density at radius 1 is 1.20 bits per heavy atom. The lowest BCUT2D eigenvalue weighted by atomic mass is 9.97. The standard InChI is InChI=1S/C20H24N2O3/c23-18-12-22(11-16(18)10-14-6-2-1-3-7-14)20(24)17-13-25-21-19(17)15-8-4-5-9-15/h1-3,6-7,13,15-16,18,23H,4-5,8-12H2/t16-,18-/m1/s1. The summed E-state index contributed by atoms with van der Waals surface area (Å²) in [5.41, 5.74) is 2.58. The van der Waals surface area contributed by atoms with Gasteiger partial charge in [0.15, 0.2) is 0 Å². The molecule has 0 bridgehead atoms. The zero-order valence-corrected chi connectivity index (χ0v) is 14.3. The molecule has 1 aliphatic heterocycles. The normalized spacial score (nSPS) is 24.1. The number of aromatic nitrogens is 1. The van der Waals surface area contributed by atoms with Gasteiger partial charge in [0.1, 0.15) is 11.8 Å². The van der Waals surface area contributed by atoms with Crippen LogP contribution >= 0.6 is 0 Å². The smallest absolute Gasteiger partial charge is 0.259 e. The number of β-amino-alcohol motifs (C(OH)–C–C–N with tert-alkyl or cyclic N) is 1. The zero-order chi connectivity index (χ0) is 17.2. The number of carbonyl (C=O) groups is 1. The van der Waals surface area contributed by atoms with Gasteiger partial charge in [-0.3, -0.25) is 4.79 Å². The van der Waals surface area contributed by atoms with E-state index in [4.69, 9.17) is 4.52 Å². The quantitative estimate of drug-likeness (QED) is 0.929. The summed E-state index contributed by atoms with van der Waals surface area (Å²) in [6.07, 6.45) is 6.30. The number of likely N-dealkylation sites (tertiary alicyclic amines) is 1. The van der Waals surface area contributed by atoms with E-state index in [-0.39, 0.29) is 11.8 Å². The van der Waals surface area contributed by atoms with Crippen LogP contribution in [0.4, 0.5) is 0 Å². The van der Waals surface area contributed by atoms with Gasteiger partial charge in [-0.15, -0.1) is 0 Å². The molecule has 2 heterocycles. The van der Waals surface area contributed by atoms with Crippen molar-refractivity contribution in [2.45, 2.75) is 44.1 Å². The molecular formula is C20H24N2O3. The summed E-state index contributed by atoms with van der Waals surface area (Å²) < 4.78 is 5.13. The topological polar surface area (TPSA) is 66.6 Å². The van der Waals surface area contributed by atoms with Gasteiger partial charge in [0.25, 0.3) is 5.91 Å². The third kappa shape index (κ3) is 3.33. The summed E-state index contributed by atoms with van der Waals surface area (Å²) in [4.78, 5) is 14.7. The highest BCUT2D eigenvalue weighted by atomic mass is 16.5. The first-order valence-corrected chi connectivity index (χ1v) is 9.18. The lowest BCUT2D eigenvalue weighted by molar-refractivity contribution is 0.0762. The van der Waals surface area contributed by atoms with Gasteiger partial charge >= 0.3 is 0 Å². The Balaban J connectivity index is 1.46. The van der Waals surface area contributed by atoms with Crippen LogP contribution in [0.5, 0.6) is 0 Å². The van der Waals surface area contributed by atoms with E-state index in [1.165, 1.54) is 24.7 Å². The van der Waals surface area contributed by atoms with Gasteiger partial charge < -0.3 is 14.5 Å². The molecule has 2 aromatic rings. The molecule has 0 radical (unpaired) electrons. The van der Waals surface area contributed by atoms with Gasteiger partial charge in [0.2, 0.25) is 0 Å². The number of hydrogen-bond acceptors (Lipinski definition) is 4. The molecular weight excluding hydrogens is 316 g/mol. The summed E-state index contributed by atoms with van der Waals surface area (Å²) in [5.74, 6) is 0.351. The van der Waals surface area contributed by atoms with Crippen molar-refractivity contribution in [3.05, 3.63) is 53.4 Å². The Bertz CT molecular complexity index is 722. The first-order chi connectivity index (χ1) is 12.2. The predicted octanol–water partition coefficient (Wildman–Crippen LogP) is 3.01. The first kappa shape index (κ1) is 16.3. The van der Waals surface area contributed by atoms with Crippen molar-refractivity contribution in [2.24, 2.45) is 5.92 Å². The third-order valence-electron chi connectivity index (χ3n) is 5.60. The van der Waals surface area contributed by atoms with E-state index in [1.54, 1.807) is 4.90 Å². The van der Waals surface area contributed by atoms with Gasteiger partial charge in [-0.2, -0.15) is 0 Å². The van der Waals surface area contributed by atoms with Gasteiger partial charge in [-0.1, -0.05) is 48.3 Å². The summed E-state index contributed by atoms with van der Waals surface area (Å²) in [6.45, 7) is 0.954. The maximum atomic E-state index is 12.9. The Hall–Kier alpha value is -2.14. The number of aliphatic hydroxyl groups is 1. The second kappa shape index (κ2) is 7.00. The molecule has 5 nitrogen and oxygen atoms in total. The largest absolute Gasteiger partial charge is 0.391 e. The molecule has 0 spiro atoms. The van der Waals surface area contributed by atoms with Gasteiger partial charge in [0, 0.05) is 24.9 Å². The number of amides is 1. The molecule has 2 atom stereocenters. The minimum Gasteiger partial charge on any atom is -0.391 e. The van der Waals surface area contributed by atoms with Crippen LogP contribution in [0.25, 0.3) is 0 Å². The number of benzene rings is 1. The number of carbonyl (C=O) groups excluding carboxylic acids is 1. The number of nitrogens with zero attached hydrogens (tertiary/aromatic N) is 2. The molecule has 1 saturated heterocycles. The van der Waals surface area contributed by atoms with E-state index >= 15 is 0 Å². The zero-order valence-electron chi connectivity index (χ0n) is 14.3. The molecule has 0 unspecified atom stereocenters. The molecule has 2 aliphatic rings. The van der Waals surface area contributed by atoms with Crippen LogP contribution in [0.1, 0.15) is 53.2 Å². The van der Waals surface area contributed by atoms with Crippen molar-refractivity contribution in [3.8, 4) is 0 Å². The van der Waals surface area contributed by atoms with Crippen molar-refractivity contribution in [1.82, 2.24) is 10.1 Å². The fourth-order valence-electron chi connectivity index (χ4n) is 4.21. The van der Waals surface area contributed by atoms with Gasteiger partial charge in [0.05, 0.1) is 11.8 Å². The van der Waals surface area contributed by atoms with Crippen LogP contribution in [0.15, 0.2) is 41.1 Å². The average Bonchev–Trinajstić information content (AvgIpc) is 3.36. The molecule has 2 fully saturated rings. The van der Waals surface area contributed by atoms with E-state index in [2.05, 4.69) is 17.3 Å². The fraction of sp³-hybridized carbons (Fsp3) is 0.500. The van der Waals surface area contributed by atoms with Crippen molar-refractivity contribution in [1.29, 1.82) is 0 Å². The van der Waals surface area contributed by atoms with E-state index in [1.807, 2.05) is 18.2 Å². The lowest BCUT2D eigenvalue weighted by Crippen LogP contribution is -2.30. The molecule has 4 rings (SSSR count). The Morgan fingerprint density at radius 2 is 1.96 bits per heavy atom. The van der Waals surface area contributed by atoms with Crippen molar-refractivity contribution < 1.29 is 14.4 Å². The Kier molecular flexibility index (Phi) is 4.57. The number of hydrogen-bond donors (Lipinski definition) is 1. The molecule has 1 amide bonds. The van der Waals surface area contributed by atoms with E-state index in [9.17, 15) is 9.90 Å². The maximum absolute atomic E-state index is 12.9. The molecule has 5 heteroatoms.